The van der Waals surface area contributed by atoms with E-state index in [2.05, 4.69) is 24.0 Å². The monoisotopic (exact) mass is 488 g/mol. The Hall–Kier alpha value is -3.51. The summed E-state index contributed by atoms with van der Waals surface area (Å²) in [5, 5.41) is 2.90. The number of nitrogens with zero attached hydrogens (tertiary/aromatic N) is 1. The van der Waals surface area contributed by atoms with Crippen LogP contribution in [-0.4, -0.2) is 25.1 Å². The second kappa shape index (κ2) is 14.0. The molecule has 1 N–H and O–H groups in total. The Bertz CT molecular complexity index is 1100. The van der Waals surface area contributed by atoms with Gasteiger partial charge in [-0.2, -0.15) is 0 Å². The number of hydrogen-bond acceptors (Lipinski definition) is 4. The van der Waals surface area contributed by atoms with Gasteiger partial charge in [0.15, 0.2) is 0 Å². The van der Waals surface area contributed by atoms with Crippen molar-refractivity contribution in [3.8, 4) is 5.75 Å². The third kappa shape index (κ3) is 8.65. The Kier molecular flexibility index (Phi) is 10.5. The first-order valence-electron chi connectivity index (χ1n) is 11.9. The number of carbonyl (C=O) groups excluding carboxylic acids is 2. The van der Waals surface area contributed by atoms with Gasteiger partial charge in [-0.3, -0.25) is 9.69 Å². The fraction of sp³-hybridized carbons (Fsp3) is 0.241. The largest absolute Gasteiger partial charge is 0.427 e. The lowest BCUT2D eigenvalue weighted by Gasteiger charge is -2.23. The summed E-state index contributed by atoms with van der Waals surface area (Å²) in [6.07, 6.45) is 4.59. The molecular formula is C29H32N2O3S. The van der Waals surface area contributed by atoms with E-state index in [0.29, 0.717) is 25.3 Å². The minimum Gasteiger partial charge on any atom is -0.427 e. The third-order valence-electron chi connectivity index (χ3n) is 5.21. The van der Waals surface area contributed by atoms with Crippen molar-refractivity contribution < 1.29 is 14.3 Å². The van der Waals surface area contributed by atoms with Gasteiger partial charge in [0.25, 0.3) is 0 Å². The van der Waals surface area contributed by atoms with Gasteiger partial charge in [-0.05, 0) is 67.3 Å². The molecule has 0 radical (unpaired) electrons. The molecule has 0 aromatic heterocycles. The first kappa shape index (κ1) is 26.1. The van der Waals surface area contributed by atoms with Crippen LogP contribution in [0.2, 0.25) is 0 Å². The predicted octanol–water partition coefficient (Wildman–Crippen LogP) is 6.88. The van der Waals surface area contributed by atoms with E-state index in [0.717, 1.165) is 34.7 Å². The van der Waals surface area contributed by atoms with Crippen molar-refractivity contribution in [2.24, 2.45) is 0 Å². The maximum atomic E-state index is 12.9. The molecule has 0 saturated carbocycles. The average molecular weight is 489 g/mol. The highest BCUT2D eigenvalue weighted by atomic mass is 32.2. The van der Waals surface area contributed by atoms with Gasteiger partial charge in [0.2, 0.25) is 0 Å². The van der Waals surface area contributed by atoms with Gasteiger partial charge in [0.1, 0.15) is 5.75 Å². The number of hydrogen-bond donors (Lipinski definition) is 1. The van der Waals surface area contributed by atoms with Crippen molar-refractivity contribution in [3.05, 3.63) is 97.1 Å². The van der Waals surface area contributed by atoms with Gasteiger partial charge >= 0.3 is 12.0 Å². The number of rotatable bonds is 12. The highest BCUT2D eigenvalue weighted by Crippen LogP contribution is 2.31. The van der Waals surface area contributed by atoms with Crippen LogP contribution >= 0.6 is 11.8 Å². The Balaban J connectivity index is 1.68. The molecule has 0 bridgehead atoms. The van der Waals surface area contributed by atoms with Crippen molar-refractivity contribution in [2.45, 2.75) is 42.4 Å². The molecule has 0 atom stereocenters. The Labute approximate surface area is 212 Å². The molecule has 0 fully saturated rings. The minimum absolute atomic E-state index is 0.140. The Morgan fingerprint density at radius 2 is 1.77 bits per heavy atom. The summed E-state index contributed by atoms with van der Waals surface area (Å²) in [7, 11) is 0. The molecule has 0 aliphatic carbocycles. The van der Waals surface area contributed by atoms with E-state index in [9.17, 15) is 9.59 Å². The molecule has 35 heavy (non-hydrogen) atoms. The van der Waals surface area contributed by atoms with Crippen LogP contribution in [0.15, 0.2) is 101 Å². The summed E-state index contributed by atoms with van der Waals surface area (Å²) in [5.41, 5.74) is 2.10. The summed E-state index contributed by atoms with van der Waals surface area (Å²) < 4.78 is 5.33. The highest BCUT2D eigenvalue weighted by Gasteiger charge is 2.15. The minimum atomic E-state index is -0.220. The molecule has 6 heteroatoms. The van der Waals surface area contributed by atoms with Crippen molar-refractivity contribution in [2.75, 3.05) is 18.0 Å². The molecule has 182 valence electrons. The van der Waals surface area contributed by atoms with Crippen LogP contribution in [0.1, 0.15) is 31.7 Å². The molecule has 0 saturated heterocycles. The van der Waals surface area contributed by atoms with Gasteiger partial charge < -0.3 is 10.1 Å². The van der Waals surface area contributed by atoms with E-state index >= 15 is 0 Å². The maximum absolute atomic E-state index is 12.9. The van der Waals surface area contributed by atoms with E-state index in [1.807, 2.05) is 61.5 Å². The fourth-order valence-corrected chi connectivity index (χ4v) is 4.37. The quantitative estimate of drug-likeness (QED) is 0.172. The van der Waals surface area contributed by atoms with E-state index in [-0.39, 0.29) is 12.0 Å². The Morgan fingerprint density at radius 3 is 2.49 bits per heavy atom. The zero-order valence-corrected chi connectivity index (χ0v) is 20.9. The number of amides is 2. The number of anilines is 1. The standard InChI is InChI=1S/C29H32N2O3S/c1-3-10-28(32)34-25-16-18-26(19-17-25)35-27-15-8-14-24(22-27)31(29(33)30-20-4-2)21-9-13-23-11-6-5-7-12-23/h4-8,11-12,14-19,22H,2-3,9-10,13,20-21H2,1H3,(H,30,33). The van der Waals surface area contributed by atoms with Crippen LogP contribution in [0, 0.1) is 0 Å². The van der Waals surface area contributed by atoms with Crippen LogP contribution in [0.5, 0.6) is 5.75 Å². The number of benzene rings is 3. The molecule has 0 aliphatic rings. The first-order chi connectivity index (χ1) is 17.1. The third-order valence-corrected chi connectivity index (χ3v) is 6.20. The molecule has 5 nitrogen and oxygen atoms in total. The van der Waals surface area contributed by atoms with E-state index < -0.39 is 0 Å². The smallest absolute Gasteiger partial charge is 0.322 e. The molecule has 3 aromatic rings. The van der Waals surface area contributed by atoms with Crippen molar-refractivity contribution in [3.63, 3.8) is 0 Å². The van der Waals surface area contributed by atoms with Crippen molar-refractivity contribution in [1.82, 2.24) is 5.32 Å². The number of esters is 1. The van der Waals surface area contributed by atoms with Gasteiger partial charge in [-0.25, -0.2) is 4.79 Å². The van der Waals surface area contributed by atoms with E-state index in [4.69, 9.17) is 4.74 Å². The molecule has 0 spiro atoms. The predicted molar refractivity (Wildman–Crippen MR) is 143 cm³/mol. The van der Waals surface area contributed by atoms with Crippen LogP contribution in [0.4, 0.5) is 10.5 Å². The summed E-state index contributed by atoms with van der Waals surface area (Å²) in [5.74, 6) is 0.327. The lowest BCUT2D eigenvalue weighted by atomic mass is 10.1. The Morgan fingerprint density at radius 1 is 1.00 bits per heavy atom. The SMILES string of the molecule is C=CCNC(=O)N(CCCc1ccccc1)c1cccc(Sc2ccc(OC(=O)CCC)cc2)c1. The molecule has 0 unspecified atom stereocenters. The molecular weight excluding hydrogens is 456 g/mol. The summed E-state index contributed by atoms with van der Waals surface area (Å²) in [6.45, 7) is 6.66. The van der Waals surface area contributed by atoms with Crippen LogP contribution < -0.4 is 15.0 Å². The zero-order valence-electron chi connectivity index (χ0n) is 20.1. The lowest BCUT2D eigenvalue weighted by Crippen LogP contribution is -2.40. The second-order valence-corrected chi connectivity index (χ2v) is 9.16. The number of urea groups is 1. The number of aryl methyl sites for hydroxylation is 1. The van der Waals surface area contributed by atoms with Crippen molar-refractivity contribution >= 4 is 29.4 Å². The molecule has 3 aromatic carbocycles. The van der Waals surface area contributed by atoms with Gasteiger partial charge in [0.05, 0.1) is 0 Å². The maximum Gasteiger partial charge on any atom is 0.322 e. The van der Waals surface area contributed by atoms with Crippen LogP contribution in [-0.2, 0) is 11.2 Å². The zero-order chi connectivity index (χ0) is 24.9. The molecule has 0 heterocycles. The number of ether oxygens (including phenoxy) is 1. The lowest BCUT2D eigenvalue weighted by molar-refractivity contribution is -0.134. The van der Waals surface area contributed by atoms with E-state index in [1.165, 1.54) is 5.56 Å². The molecule has 3 rings (SSSR count). The van der Waals surface area contributed by atoms with E-state index in [1.54, 1.807) is 34.9 Å². The molecule has 0 aliphatic heterocycles. The van der Waals surface area contributed by atoms with Gasteiger partial charge in [0, 0.05) is 35.0 Å². The number of carbonyl (C=O) groups is 2. The van der Waals surface area contributed by atoms with Crippen LogP contribution in [0.25, 0.3) is 0 Å². The second-order valence-electron chi connectivity index (χ2n) is 8.01. The van der Waals surface area contributed by atoms with Crippen LogP contribution in [0.3, 0.4) is 0 Å². The summed E-state index contributed by atoms with van der Waals surface area (Å²) in [6, 6.07) is 25.6. The fourth-order valence-electron chi connectivity index (χ4n) is 3.50. The first-order valence-corrected chi connectivity index (χ1v) is 12.7. The molecule has 2 amide bonds. The topological polar surface area (TPSA) is 58.6 Å². The highest BCUT2D eigenvalue weighted by molar-refractivity contribution is 7.99. The van der Waals surface area contributed by atoms with Gasteiger partial charge in [-0.1, -0.05) is 61.2 Å². The summed E-state index contributed by atoms with van der Waals surface area (Å²) in [4.78, 5) is 28.4. The number of nitrogens with one attached hydrogen (secondary N) is 1. The average Bonchev–Trinajstić information content (AvgIpc) is 2.87. The summed E-state index contributed by atoms with van der Waals surface area (Å²) >= 11 is 1.59. The van der Waals surface area contributed by atoms with Crippen molar-refractivity contribution in [1.29, 1.82) is 0 Å². The normalized spacial score (nSPS) is 10.4. The van der Waals surface area contributed by atoms with Gasteiger partial charge in [-0.15, -0.1) is 6.58 Å².